The van der Waals surface area contributed by atoms with Crippen LogP contribution in [0.25, 0.3) is 0 Å². The Balaban J connectivity index is 1.13. The van der Waals surface area contributed by atoms with E-state index in [0.29, 0.717) is 0 Å². The summed E-state index contributed by atoms with van der Waals surface area (Å²) in [7, 11) is 0. The Bertz CT molecular complexity index is 596. The topological polar surface area (TPSA) is 17.1 Å². The lowest BCUT2D eigenvalue weighted by Gasteiger charge is -2.59. The fourth-order valence-corrected chi connectivity index (χ4v) is 9.10. The Morgan fingerprint density at radius 1 is 0.559 bits per heavy atom. The van der Waals surface area contributed by atoms with Gasteiger partial charge in [0.1, 0.15) is 5.78 Å². The van der Waals surface area contributed by atoms with E-state index in [1.54, 1.807) is 0 Å². The first kappa shape index (κ1) is 26.7. The van der Waals surface area contributed by atoms with Gasteiger partial charge in [-0.1, -0.05) is 97.3 Å². The molecule has 0 heterocycles. The van der Waals surface area contributed by atoms with Crippen molar-refractivity contribution < 1.29 is 4.79 Å². The molecule has 0 aromatic rings. The maximum absolute atomic E-state index is 13.6. The molecule has 0 radical (unpaired) electrons. The zero-order chi connectivity index (χ0) is 23.9. The van der Waals surface area contributed by atoms with Crippen molar-refractivity contribution in [2.45, 2.75) is 168 Å². The Kier molecular flexibility index (Phi) is 10.0. The number of Topliss-reactive ketones (excluding diaryl/α,β-unsaturated/α-hetero) is 1. The van der Waals surface area contributed by atoms with Gasteiger partial charge in [-0.15, -0.1) is 0 Å². The molecule has 1 heteroatoms. The summed E-state index contributed by atoms with van der Waals surface area (Å²) in [5.74, 6) is 4.63. The maximum atomic E-state index is 13.6. The van der Waals surface area contributed by atoms with Gasteiger partial charge in [-0.2, -0.15) is 0 Å². The predicted molar refractivity (Wildman–Crippen MR) is 146 cm³/mol. The first-order valence-corrected chi connectivity index (χ1v) is 16.2. The molecule has 34 heavy (non-hydrogen) atoms. The first-order chi connectivity index (χ1) is 16.6. The van der Waals surface area contributed by atoms with Gasteiger partial charge in [-0.3, -0.25) is 4.79 Å². The molecular formula is C33H58O. The van der Waals surface area contributed by atoms with Crippen LogP contribution in [0.5, 0.6) is 0 Å². The zero-order valence-electron chi connectivity index (χ0n) is 23.2. The lowest BCUT2D eigenvalue weighted by molar-refractivity contribution is -0.169. The van der Waals surface area contributed by atoms with Crippen LogP contribution in [0.4, 0.5) is 0 Å². The lowest BCUT2D eigenvalue weighted by atomic mass is 9.42. The van der Waals surface area contributed by atoms with Crippen molar-refractivity contribution in [3.63, 3.8) is 0 Å². The molecule has 0 aromatic carbocycles. The summed E-state index contributed by atoms with van der Waals surface area (Å²) in [6.45, 7) is 4.62. The molecule has 4 aliphatic rings. The molecule has 0 aromatic heterocycles. The van der Waals surface area contributed by atoms with E-state index < -0.39 is 0 Å². The highest BCUT2D eigenvalue weighted by Crippen LogP contribution is 2.64. The van der Waals surface area contributed by atoms with Gasteiger partial charge in [0.25, 0.3) is 0 Å². The molecule has 0 atom stereocenters. The Labute approximate surface area is 213 Å². The average molecular weight is 471 g/mol. The van der Waals surface area contributed by atoms with E-state index in [-0.39, 0.29) is 10.8 Å². The fourth-order valence-electron chi connectivity index (χ4n) is 9.10. The van der Waals surface area contributed by atoms with Crippen LogP contribution in [-0.4, -0.2) is 5.78 Å². The molecule has 4 fully saturated rings. The molecule has 0 unspecified atom stereocenters. The number of hydrogen-bond donors (Lipinski definition) is 0. The monoisotopic (exact) mass is 470 g/mol. The third kappa shape index (κ3) is 6.32. The summed E-state index contributed by atoms with van der Waals surface area (Å²) in [6, 6.07) is 0. The second-order valence-electron chi connectivity index (χ2n) is 13.7. The normalized spacial score (nSPS) is 38.4. The standard InChI is InChI=1S/C33H58O/c1-3-5-7-9-11-13-28-18-22-32(23-19-28)26-33(31(32)34)24-20-30(21-25-33)29-16-14-27(15-17-29)12-10-8-6-4-2/h27-30H,3-26H2,1-2H3/t27?,28?,29?,30-,32-,33-. The Morgan fingerprint density at radius 3 is 1.53 bits per heavy atom. The number of carbonyl (C=O) groups is 1. The predicted octanol–water partition coefficient (Wildman–Crippen LogP) is 10.4. The summed E-state index contributed by atoms with van der Waals surface area (Å²) >= 11 is 0. The minimum Gasteiger partial charge on any atom is -0.298 e. The van der Waals surface area contributed by atoms with E-state index in [1.807, 2.05) is 0 Å². The van der Waals surface area contributed by atoms with Gasteiger partial charge in [0.15, 0.2) is 0 Å². The molecular weight excluding hydrogens is 412 g/mol. The number of unbranched alkanes of at least 4 members (excludes halogenated alkanes) is 7. The second-order valence-corrected chi connectivity index (χ2v) is 13.7. The van der Waals surface area contributed by atoms with Gasteiger partial charge in [-0.05, 0) is 94.3 Å². The quantitative estimate of drug-likeness (QED) is 0.259. The molecule has 1 nitrogen and oxygen atoms in total. The van der Waals surface area contributed by atoms with Crippen LogP contribution in [-0.2, 0) is 4.79 Å². The smallest absolute Gasteiger partial charge is 0.145 e. The van der Waals surface area contributed by atoms with Crippen LogP contribution < -0.4 is 0 Å². The van der Waals surface area contributed by atoms with Crippen LogP contribution >= 0.6 is 0 Å². The van der Waals surface area contributed by atoms with Gasteiger partial charge in [0, 0.05) is 10.8 Å². The van der Waals surface area contributed by atoms with Crippen molar-refractivity contribution in [2.75, 3.05) is 0 Å². The van der Waals surface area contributed by atoms with E-state index in [1.165, 1.54) is 154 Å². The summed E-state index contributed by atoms with van der Waals surface area (Å²) in [4.78, 5) is 13.6. The van der Waals surface area contributed by atoms with E-state index in [0.717, 1.165) is 29.5 Å². The largest absolute Gasteiger partial charge is 0.298 e. The minimum atomic E-state index is 0.139. The van der Waals surface area contributed by atoms with Crippen LogP contribution in [0.15, 0.2) is 0 Å². The van der Waals surface area contributed by atoms with Gasteiger partial charge >= 0.3 is 0 Å². The van der Waals surface area contributed by atoms with Gasteiger partial charge < -0.3 is 0 Å². The summed E-state index contributed by atoms with van der Waals surface area (Å²) < 4.78 is 0. The van der Waals surface area contributed by atoms with Gasteiger partial charge in [0.05, 0.1) is 0 Å². The molecule has 0 aliphatic heterocycles. The van der Waals surface area contributed by atoms with Crippen LogP contribution in [0, 0.1) is 34.5 Å². The molecule has 4 aliphatic carbocycles. The number of carbonyl (C=O) groups excluding carboxylic acids is 1. The summed E-state index contributed by atoms with van der Waals surface area (Å²) in [6.07, 6.45) is 33.3. The lowest BCUT2D eigenvalue weighted by Crippen LogP contribution is -2.59. The molecule has 0 amide bonds. The van der Waals surface area contributed by atoms with Crippen molar-refractivity contribution in [1.82, 2.24) is 0 Å². The highest BCUT2D eigenvalue weighted by atomic mass is 16.1. The van der Waals surface area contributed by atoms with E-state index in [4.69, 9.17) is 0 Å². The number of ketones is 1. The van der Waals surface area contributed by atoms with Crippen molar-refractivity contribution in [1.29, 1.82) is 0 Å². The molecule has 4 saturated carbocycles. The molecule has 196 valence electrons. The minimum absolute atomic E-state index is 0.139. The van der Waals surface area contributed by atoms with Crippen LogP contribution in [0.1, 0.15) is 168 Å². The average Bonchev–Trinajstić information content (AvgIpc) is 2.88. The Morgan fingerprint density at radius 2 is 1.00 bits per heavy atom. The first-order valence-electron chi connectivity index (χ1n) is 16.2. The van der Waals surface area contributed by atoms with Crippen molar-refractivity contribution >= 4 is 5.78 Å². The van der Waals surface area contributed by atoms with Crippen molar-refractivity contribution in [2.24, 2.45) is 34.5 Å². The van der Waals surface area contributed by atoms with E-state index >= 15 is 0 Å². The van der Waals surface area contributed by atoms with E-state index in [2.05, 4.69) is 13.8 Å². The Hall–Kier alpha value is -0.330. The number of rotatable bonds is 12. The summed E-state index contributed by atoms with van der Waals surface area (Å²) in [5.41, 5.74) is 0.279. The van der Waals surface area contributed by atoms with Crippen LogP contribution in [0.3, 0.4) is 0 Å². The molecule has 2 spiro atoms. The molecule has 0 bridgehead atoms. The second kappa shape index (κ2) is 12.8. The van der Waals surface area contributed by atoms with Crippen molar-refractivity contribution in [3.8, 4) is 0 Å². The molecule has 0 N–H and O–H groups in total. The van der Waals surface area contributed by atoms with Crippen molar-refractivity contribution in [3.05, 3.63) is 0 Å². The fraction of sp³-hybridized carbons (Fsp3) is 0.970. The van der Waals surface area contributed by atoms with Gasteiger partial charge in [-0.25, -0.2) is 0 Å². The SMILES string of the molecule is CCCCCCCC1CC[C@]2(CC1)C[C@@]1(CC[C@H](C3CCC(CCCCCC)CC3)CC1)C2=O. The third-order valence-electron chi connectivity index (χ3n) is 11.4. The maximum Gasteiger partial charge on any atom is 0.145 e. The van der Waals surface area contributed by atoms with Gasteiger partial charge in [0.2, 0.25) is 0 Å². The summed E-state index contributed by atoms with van der Waals surface area (Å²) in [5, 5.41) is 0. The van der Waals surface area contributed by atoms with E-state index in [9.17, 15) is 4.79 Å². The van der Waals surface area contributed by atoms with Crippen LogP contribution in [0.2, 0.25) is 0 Å². The molecule has 4 rings (SSSR count). The number of hydrogen-bond acceptors (Lipinski definition) is 1. The highest BCUT2D eigenvalue weighted by molar-refractivity contribution is 5.96. The third-order valence-corrected chi connectivity index (χ3v) is 11.4. The zero-order valence-corrected chi connectivity index (χ0v) is 23.2. The highest BCUT2D eigenvalue weighted by Gasteiger charge is 2.63. The molecule has 0 saturated heterocycles.